The Balaban J connectivity index is 2.86. The van der Waals surface area contributed by atoms with E-state index < -0.39 is 17.5 Å². The van der Waals surface area contributed by atoms with Gasteiger partial charge in [0.25, 0.3) is 0 Å². The zero-order valence-corrected chi connectivity index (χ0v) is 14.6. The molecule has 132 valence electrons. The molecule has 0 heterocycles. The highest BCUT2D eigenvalue weighted by atomic mass is 16.5. The number of rotatable bonds is 6. The summed E-state index contributed by atoms with van der Waals surface area (Å²) < 4.78 is 5.08. The van der Waals surface area contributed by atoms with Crippen molar-refractivity contribution in [3.8, 4) is 5.75 Å². The molecule has 0 spiro atoms. The lowest BCUT2D eigenvalue weighted by Crippen LogP contribution is -2.25. The molecule has 0 aliphatic rings. The first-order chi connectivity index (χ1) is 11.0. The van der Waals surface area contributed by atoms with E-state index in [4.69, 9.17) is 9.84 Å². The Morgan fingerprint density at radius 2 is 1.67 bits per heavy atom. The van der Waals surface area contributed by atoms with Crippen LogP contribution in [0.25, 0.3) is 0 Å². The van der Waals surface area contributed by atoms with Crippen molar-refractivity contribution < 1.29 is 24.2 Å². The number of amides is 2. The van der Waals surface area contributed by atoms with Crippen LogP contribution in [-0.2, 0) is 9.59 Å². The number of carboxylic acids is 1. The number of carboxylic acid groups (broad SMARTS) is 1. The maximum absolute atomic E-state index is 12.2. The molecule has 0 saturated carbocycles. The van der Waals surface area contributed by atoms with Crippen LogP contribution in [0.1, 0.15) is 37.8 Å². The summed E-state index contributed by atoms with van der Waals surface area (Å²) in [6.07, 6.45) is -0.563. The maximum Gasteiger partial charge on any atom is 0.412 e. The Kier molecular flexibility index (Phi) is 6.34. The third-order valence-electron chi connectivity index (χ3n) is 3.45. The minimum absolute atomic E-state index is 0.0860. The summed E-state index contributed by atoms with van der Waals surface area (Å²) >= 11 is 0. The van der Waals surface area contributed by atoms with Gasteiger partial charge in [-0.25, -0.2) is 4.79 Å². The fourth-order valence-electron chi connectivity index (χ4n) is 2.43. The molecule has 3 N–H and O–H groups in total. The first-order valence-electron chi connectivity index (χ1n) is 7.56. The van der Waals surface area contributed by atoms with E-state index in [1.807, 2.05) is 0 Å². The van der Waals surface area contributed by atoms with E-state index in [9.17, 15) is 14.4 Å². The molecular weight excluding hydrogens is 312 g/mol. The Bertz CT molecular complexity index is 629. The summed E-state index contributed by atoms with van der Waals surface area (Å²) in [6.45, 7) is 7.06. The number of ether oxygens (including phenoxy) is 1. The molecule has 1 aromatic rings. The van der Waals surface area contributed by atoms with Gasteiger partial charge in [-0.05, 0) is 42.5 Å². The highest BCUT2D eigenvalue weighted by Crippen LogP contribution is 2.29. The van der Waals surface area contributed by atoms with E-state index in [-0.39, 0.29) is 18.7 Å². The first kappa shape index (κ1) is 19.5. The molecule has 7 heteroatoms. The fourth-order valence-corrected chi connectivity index (χ4v) is 2.43. The summed E-state index contributed by atoms with van der Waals surface area (Å²) in [4.78, 5) is 34.3. The van der Waals surface area contributed by atoms with Crippen LogP contribution < -0.4 is 15.4 Å². The average Bonchev–Trinajstić information content (AvgIpc) is 2.40. The first-order valence-corrected chi connectivity index (χ1v) is 7.56. The van der Waals surface area contributed by atoms with Crippen molar-refractivity contribution >= 4 is 23.7 Å². The average molecular weight is 336 g/mol. The van der Waals surface area contributed by atoms with Crippen molar-refractivity contribution in [1.82, 2.24) is 5.32 Å². The predicted octanol–water partition coefficient (Wildman–Crippen LogP) is 2.85. The van der Waals surface area contributed by atoms with Crippen LogP contribution in [0.5, 0.6) is 5.75 Å². The highest BCUT2D eigenvalue weighted by Gasteiger charge is 2.25. The molecule has 0 unspecified atom stereocenters. The Labute approximate surface area is 141 Å². The lowest BCUT2D eigenvalue weighted by Gasteiger charge is -2.22. The molecule has 0 saturated heterocycles. The summed E-state index contributed by atoms with van der Waals surface area (Å²) in [7, 11) is 1.47. The zero-order valence-electron chi connectivity index (χ0n) is 14.6. The fraction of sp³-hybridized carbons (Fsp3) is 0.471. The number of benzene rings is 1. The molecule has 1 aromatic carbocycles. The molecule has 0 aliphatic carbocycles. The zero-order chi connectivity index (χ0) is 18.5. The van der Waals surface area contributed by atoms with Gasteiger partial charge in [0.1, 0.15) is 5.75 Å². The van der Waals surface area contributed by atoms with Gasteiger partial charge < -0.3 is 20.5 Å². The van der Waals surface area contributed by atoms with Crippen LogP contribution in [0.2, 0.25) is 0 Å². The second kappa shape index (κ2) is 7.81. The minimum atomic E-state index is -0.934. The number of carbonyl (C=O) groups is 3. The van der Waals surface area contributed by atoms with Crippen LogP contribution in [0.3, 0.4) is 0 Å². The predicted molar refractivity (Wildman–Crippen MR) is 90.3 cm³/mol. The summed E-state index contributed by atoms with van der Waals surface area (Å²) in [5.41, 5.74) is 1.49. The third-order valence-corrected chi connectivity index (χ3v) is 3.45. The van der Waals surface area contributed by atoms with Crippen LogP contribution in [0.15, 0.2) is 12.1 Å². The third kappa shape index (κ3) is 5.91. The van der Waals surface area contributed by atoms with Gasteiger partial charge in [0, 0.05) is 19.2 Å². The summed E-state index contributed by atoms with van der Waals surface area (Å²) in [6, 6.07) is 3.31. The number of hydrogen-bond donors (Lipinski definition) is 3. The smallest absolute Gasteiger partial charge is 0.412 e. The monoisotopic (exact) mass is 336 g/mol. The molecule has 0 atom stereocenters. The molecule has 0 aromatic heterocycles. The van der Waals surface area contributed by atoms with Gasteiger partial charge in [-0.15, -0.1) is 0 Å². The van der Waals surface area contributed by atoms with Crippen molar-refractivity contribution in [2.75, 3.05) is 12.4 Å². The summed E-state index contributed by atoms with van der Waals surface area (Å²) in [5, 5.41) is 14.1. The molecule has 24 heavy (non-hydrogen) atoms. The quantitative estimate of drug-likeness (QED) is 0.741. The molecule has 0 radical (unpaired) electrons. The Morgan fingerprint density at radius 1 is 1.12 bits per heavy atom. The minimum Gasteiger partial charge on any atom is -0.481 e. The number of aryl methyl sites for hydroxylation is 2. The number of hydrogen-bond acceptors (Lipinski definition) is 4. The topological polar surface area (TPSA) is 105 Å². The SMILES string of the molecule is CNC(=O)Oc1cc(C)c(NC(=O)CC(C)(C)CC(=O)O)c(C)c1. The van der Waals surface area contributed by atoms with Gasteiger partial charge in [0.15, 0.2) is 0 Å². The number of anilines is 1. The van der Waals surface area contributed by atoms with Gasteiger partial charge in [0.2, 0.25) is 5.91 Å². The van der Waals surface area contributed by atoms with Crippen molar-refractivity contribution in [1.29, 1.82) is 0 Å². The molecule has 2 amide bonds. The van der Waals surface area contributed by atoms with E-state index in [1.54, 1.807) is 39.8 Å². The number of aliphatic carboxylic acids is 1. The lowest BCUT2D eigenvalue weighted by molar-refractivity contribution is -0.139. The van der Waals surface area contributed by atoms with Crippen LogP contribution in [0, 0.1) is 19.3 Å². The maximum atomic E-state index is 12.2. The van der Waals surface area contributed by atoms with Crippen LogP contribution >= 0.6 is 0 Å². The number of nitrogens with one attached hydrogen (secondary N) is 2. The van der Waals surface area contributed by atoms with E-state index in [1.165, 1.54) is 7.05 Å². The van der Waals surface area contributed by atoms with Crippen molar-refractivity contribution in [2.24, 2.45) is 5.41 Å². The van der Waals surface area contributed by atoms with E-state index in [0.29, 0.717) is 11.4 Å². The van der Waals surface area contributed by atoms with Gasteiger partial charge in [-0.1, -0.05) is 13.8 Å². The van der Waals surface area contributed by atoms with Gasteiger partial charge in [-0.3, -0.25) is 9.59 Å². The molecule has 0 bridgehead atoms. The van der Waals surface area contributed by atoms with Crippen LogP contribution in [-0.4, -0.2) is 30.1 Å². The highest BCUT2D eigenvalue weighted by molar-refractivity contribution is 5.93. The van der Waals surface area contributed by atoms with E-state index >= 15 is 0 Å². The van der Waals surface area contributed by atoms with E-state index in [2.05, 4.69) is 10.6 Å². The molecule has 0 fully saturated rings. The van der Waals surface area contributed by atoms with Crippen molar-refractivity contribution in [3.63, 3.8) is 0 Å². The standard InChI is InChI=1S/C17H24N2O5/c1-10-6-12(24-16(23)18-5)7-11(2)15(10)19-13(20)8-17(3,4)9-14(21)22/h6-7H,8-9H2,1-5H3,(H,18,23)(H,19,20)(H,21,22). The normalized spacial score (nSPS) is 10.9. The van der Waals surface area contributed by atoms with E-state index in [0.717, 1.165) is 11.1 Å². The molecular formula is C17H24N2O5. The molecule has 0 aliphatic heterocycles. The summed E-state index contributed by atoms with van der Waals surface area (Å²) in [5.74, 6) is -0.808. The van der Waals surface area contributed by atoms with Gasteiger partial charge in [0.05, 0.1) is 6.42 Å². The second-order valence-electron chi connectivity index (χ2n) is 6.53. The van der Waals surface area contributed by atoms with Gasteiger partial charge >= 0.3 is 12.1 Å². The van der Waals surface area contributed by atoms with Crippen molar-refractivity contribution in [3.05, 3.63) is 23.3 Å². The van der Waals surface area contributed by atoms with Crippen LogP contribution in [0.4, 0.5) is 10.5 Å². The largest absolute Gasteiger partial charge is 0.481 e. The Morgan fingerprint density at radius 3 is 2.12 bits per heavy atom. The van der Waals surface area contributed by atoms with Crippen molar-refractivity contribution in [2.45, 2.75) is 40.5 Å². The lowest BCUT2D eigenvalue weighted by atomic mass is 9.85. The van der Waals surface area contributed by atoms with Gasteiger partial charge in [-0.2, -0.15) is 0 Å². The molecule has 7 nitrogen and oxygen atoms in total. The Hall–Kier alpha value is -2.57. The second-order valence-corrected chi connectivity index (χ2v) is 6.53. The molecule has 1 rings (SSSR count). The number of carbonyl (C=O) groups excluding carboxylic acids is 2.